The Labute approximate surface area is 177 Å². The van der Waals surface area contributed by atoms with Gasteiger partial charge >= 0.3 is 0 Å². The van der Waals surface area contributed by atoms with Crippen molar-refractivity contribution in [2.75, 3.05) is 18.0 Å². The van der Waals surface area contributed by atoms with Gasteiger partial charge < -0.3 is 4.90 Å². The molecule has 0 radical (unpaired) electrons. The van der Waals surface area contributed by atoms with E-state index in [1.54, 1.807) is 12.1 Å². The molecule has 3 nitrogen and oxygen atoms in total. The Bertz CT molecular complexity index is 997. The van der Waals surface area contributed by atoms with Crippen LogP contribution in [0.3, 0.4) is 0 Å². The minimum absolute atomic E-state index is 0.0461. The molecule has 1 aliphatic heterocycles. The maximum atomic E-state index is 13.5. The first-order valence-electron chi connectivity index (χ1n) is 10.5. The number of hydrogen-bond donors (Lipinski definition) is 0. The van der Waals surface area contributed by atoms with Gasteiger partial charge in [-0.05, 0) is 67.3 Å². The molecule has 3 aromatic rings. The van der Waals surface area contributed by atoms with Crippen molar-refractivity contribution in [2.45, 2.75) is 32.4 Å². The molecule has 0 aromatic heterocycles. The van der Waals surface area contributed by atoms with E-state index in [4.69, 9.17) is 0 Å². The number of piperidine rings is 1. The van der Waals surface area contributed by atoms with Crippen molar-refractivity contribution in [1.29, 1.82) is 0 Å². The molecular formula is C26H27FN2O. The Morgan fingerprint density at radius 1 is 0.967 bits per heavy atom. The van der Waals surface area contributed by atoms with Gasteiger partial charge in [0.15, 0.2) is 0 Å². The molecule has 1 aliphatic rings. The molecule has 1 fully saturated rings. The average Bonchev–Trinajstić information content (AvgIpc) is 2.76. The summed E-state index contributed by atoms with van der Waals surface area (Å²) >= 11 is 0. The van der Waals surface area contributed by atoms with E-state index in [1.165, 1.54) is 6.07 Å². The molecule has 0 saturated carbocycles. The van der Waals surface area contributed by atoms with E-state index in [9.17, 15) is 9.18 Å². The van der Waals surface area contributed by atoms with Crippen molar-refractivity contribution in [1.82, 2.24) is 4.90 Å². The van der Waals surface area contributed by atoms with Crippen LogP contribution < -0.4 is 4.90 Å². The molecule has 4 rings (SSSR count). The third-order valence-electron chi connectivity index (χ3n) is 5.74. The van der Waals surface area contributed by atoms with Gasteiger partial charge in [-0.25, -0.2) is 4.39 Å². The molecule has 30 heavy (non-hydrogen) atoms. The first kappa shape index (κ1) is 20.3. The molecule has 4 heteroatoms. The minimum Gasteiger partial charge on any atom is -0.305 e. The topological polar surface area (TPSA) is 23.6 Å². The molecule has 0 spiro atoms. The van der Waals surface area contributed by atoms with Crippen LogP contribution in [0.2, 0.25) is 0 Å². The van der Waals surface area contributed by atoms with E-state index in [0.29, 0.717) is 5.56 Å². The molecule has 0 N–H and O–H groups in total. The maximum Gasteiger partial charge on any atom is 0.258 e. The van der Waals surface area contributed by atoms with Crippen LogP contribution in [0.4, 0.5) is 10.1 Å². The van der Waals surface area contributed by atoms with Crippen LogP contribution in [0.5, 0.6) is 0 Å². The summed E-state index contributed by atoms with van der Waals surface area (Å²) < 4.78 is 13.5. The molecule has 0 bridgehead atoms. The van der Waals surface area contributed by atoms with Gasteiger partial charge in [0.05, 0.1) is 0 Å². The molecule has 0 atom stereocenters. The van der Waals surface area contributed by atoms with Gasteiger partial charge in [0, 0.05) is 36.9 Å². The molecule has 3 aromatic carbocycles. The fourth-order valence-corrected chi connectivity index (χ4v) is 4.22. The quantitative estimate of drug-likeness (QED) is 0.567. The Kier molecular flexibility index (Phi) is 6.24. The zero-order chi connectivity index (χ0) is 20.9. The van der Waals surface area contributed by atoms with Crippen molar-refractivity contribution in [3.63, 3.8) is 0 Å². The number of benzene rings is 3. The molecule has 1 heterocycles. The standard InChI is InChI=1S/C26H27FN2O/c1-20-7-5-12-25(17-20)29(26(30)22-9-3-2-4-10-22)24-13-15-28(16-14-24)19-21-8-6-11-23(27)18-21/h2-12,17-18,24H,13-16,19H2,1H3. The van der Waals surface area contributed by atoms with Gasteiger partial charge in [-0.15, -0.1) is 0 Å². The van der Waals surface area contributed by atoms with Crippen molar-refractivity contribution >= 4 is 11.6 Å². The second kappa shape index (κ2) is 9.23. The fourth-order valence-electron chi connectivity index (χ4n) is 4.22. The maximum absolute atomic E-state index is 13.5. The number of rotatable bonds is 5. The summed E-state index contributed by atoms with van der Waals surface area (Å²) in [5, 5.41) is 0. The second-order valence-corrected chi connectivity index (χ2v) is 8.02. The van der Waals surface area contributed by atoms with E-state index in [0.717, 1.165) is 49.3 Å². The molecule has 0 aliphatic carbocycles. The summed E-state index contributed by atoms with van der Waals surface area (Å²) in [6.07, 6.45) is 1.78. The van der Waals surface area contributed by atoms with E-state index in [-0.39, 0.29) is 17.8 Å². The highest BCUT2D eigenvalue weighted by Gasteiger charge is 2.30. The first-order chi connectivity index (χ1) is 14.6. The zero-order valence-corrected chi connectivity index (χ0v) is 17.3. The number of aryl methyl sites for hydroxylation is 1. The van der Waals surface area contributed by atoms with E-state index in [2.05, 4.69) is 24.0 Å². The van der Waals surface area contributed by atoms with Crippen LogP contribution in [0.25, 0.3) is 0 Å². The van der Waals surface area contributed by atoms with E-state index in [1.807, 2.05) is 53.4 Å². The normalized spacial score (nSPS) is 15.1. The second-order valence-electron chi connectivity index (χ2n) is 8.02. The molecule has 1 saturated heterocycles. The number of carbonyl (C=O) groups is 1. The van der Waals surface area contributed by atoms with E-state index < -0.39 is 0 Å². The van der Waals surface area contributed by atoms with Crippen molar-refractivity contribution < 1.29 is 9.18 Å². The lowest BCUT2D eigenvalue weighted by atomic mass is 9.99. The van der Waals surface area contributed by atoms with Gasteiger partial charge in [-0.1, -0.05) is 42.5 Å². The monoisotopic (exact) mass is 402 g/mol. The number of anilines is 1. The van der Waals surface area contributed by atoms with Crippen molar-refractivity contribution in [3.05, 3.63) is 101 Å². The van der Waals surface area contributed by atoms with Crippen molar-refractivity contribution in [3.8, 4) is 0 Å². The first-order valence-corrected chi connectivity index (χ1v) is 10.5. The van der Waals surface area contributed by atoms with Crippen LogP contribution in [0, 0.1) is 12.7 Å². The van der Waals surface area contributed by atoms with Gasteiger partial charge in [0.25, 0.3) is 5.91 Å². The van der Waals surface area contributed by atoms with Gasteiger partial charge in [0.1, 0.15) is 5.82 Å². The summed E-state index contributed by atoms with van der Waals surface area (Å²) in [7, 11) is 0. The SMILES string of the molecule is Cc1cccc(N(C(=O)c2ccccc2)C2CCN(Cc3cccc(F)c3)CC2)c1. The summed E-state index contributed by atoms with van der Waals surface area (Å²) in [6.45, 7) is 4.55. The zero-order valence-electron chi connectivity index (χ0n) is 17.3. The number of hydrogen-bond acceptors (Lipinski definition) is 2. The van der Waals surface area contributed by atoms with Gasteiger partial charge in [0.2, 0.25) is 0 Å². The third-order valence-corrected chi connectivity index (χ3v) is 5.74. The fraction of sp³-hybridized carbons (Fsp3) is 0.269. The number of likely N-dealkylation sites (tertiary alicyclic amines) is 1. The Morgan fingerprint density at radius 3 is 2.40 bits per heavy atom. The predicted molar refractivity (Wildman–Crippen MR) is 119 cm³/mol. The van der Waals surface area contributed by atoms with Crippen LogP contribution in [0.15, 0.2) is 78.9 Å². The smallest absolute Gasteiger partial charge is 0.258 e. The molecular weight excluding hydrogens is 375 g/mol. The highest BCUT2D eigenvalue weighted by atomic mass is 19.1. The molecule has 154 valence electrons. The summed E-state index contributed by atoms with van der Waals surface area (Å²) in [5.41, 5.74) is 3.79. The van der Waals surface area contributed by atoms with Crippen LogP contribution in [-0.2, 0) is 6.54 Å². The number of carbonyl (C=O) groups excluding carboxylic acids is 1. The largest absolute Gasteiger partial charge is 0.305 e. The lowest BCUT2D eigenvalue weighted by Gasteiger charge is -2.39. The number of halogens is 1. The number of nitrogens with zero attached hydrogens (tertiary/aromatic N) is 2. The lowest BCUT2D eigenvalue weighted by Crippen LogP contribution is -2.47. The van der Waals surface area contributed by atoms with Crippen molar-refractivity contribution in [2.24, 2.45) is 0 Å². The summed E-state index contributed by atoms with van der Waals surface area (Å²) in [6, 6.07) is 24.6. The van der Waals surface area contributed by atoms with Gasteiger partial charge in [-0.3, -0.25) is 9.69 Å². The summed E-state index contributed by atoms with van der Waals surface area (Å²) in [5.74, 6) is -0.147. The Balaban J connectivity index is 1.51. The molecule has 0 unspecified atom stereocenters. The Morgan fingerprint density at radius 2 is 1.70 bits per heavy atom. The third kappa shape index (κ3) is 4.77. The highest BCUT2D eigenvalue weighted by Crippen LogP contribution is 2.27. The highest BCUT2D eigenvalue weighted by molar-refractivity contribution is 6.06. The lowest BCUT2D eigenvalue weighted by molar-refractivity contribution is 0.0958. The van der Waals surface area contributed by atoms with E-state index >= 15 is 0 Å². The number of amides is 1. The predicted octanol–water partition coefficient (Wildman–Crippen LogP) is 5.45. The Hall–Kier alpha value is -2.98. The van der Waals surface area contributed by atoms with Crippen LogP contribution in [-0.4, -0.2) is 29.9 Å². The molecule has 1 amide bonds. The van der Waals surface area contributed by atoms with Crippen LogP contribution in [0.1, 0.15) is 34.3 Å². The van der Waals surface area contributed by atoms with Crippen LogP contribution >= 0.6 is 0 Å². The summed E-state index contributed by atoms with van der Waals surface area (Å²) in [4.78, 5) is 17.8. The van der Waals surface area contributed by atoms with Gasteiger partial charge in [-0.2, -0.15) is 0 Å². The minimum atomic E-state index is -0.193. The average molecular weight is 403 g/mol.